The van der Waals surface area contributed by atoms with Gasteiger partial charge in [0.25, 0.3) is 0 Å². The van der Waals surface area contributed by atoms with Crippen molar-refractivity contribution in [3.8, 4) is 0 Å². The van der Waals surface area contributed by atoms with Gasteiger partial charge in [0, 0.05) is 25.4 Å². The monoisotopic (exact) mass is 376 g/mol. The zero-order chi connectivity index (χ0) is 18.9. The minimum atomic E-state index is -3.18. The second-order valence-corrected chi connectivity index (χ2v) is 9.03. The number of amides is 2. The summed E-state index contributed by atoms with van der Waals surface area (Å²) in [6, 6.07) is 6.94. The fraction of sp³-hybridized carbons (Fsp3) is 0.444. The second-order valence-electron chi connectivity index (χ2n) is 6.80. The highest BCUT2D eigenvalue weighted by Crippen LogP contribution is 2.27. The summed E-state index contributed by atoms with van der Waals surface area (Å²) < 4.78 is 25.8. The van der Waals surface area contributed by atoms with Gasteiger partial charge in [-0.1, -0.05) is 24.3 Å². The van der Waals surface area contributed by atoms with Gasteiger partial charge in [0.1, 0.15) is 0 Å². The Kier molecular flexibility index (Phi) is 5.04. The number of urea groups is 1. The Bertz CT molecular complexity index is 907. The van der Waals surface area contributed by atoms with Crippen LogP contribution in [0.4, 0.5) is 4.79 Å². The normalized spacial score (nSPS) is 20.6. The van der Waals surface area contributed by atoms with E-state index < -0.39 is 15.9 Å². The fourth-order valence-corrected chi connectivity index (χ4v) is 4.85. The lowest BCUT2D eigenvalue weighted by Gasteiger charge is -2.35. The molecule has 0 saturated carbocycles. The smallest absolute Gasteiger partial charge is 0.318 e. The number of aryl methyl sites for hydroxylation is 2. The molecule has 1 saturated heterocycles. The van der Waals surface area contributed by atoms with Crippen LogP contribution >= 0.6 is 0 Å². The first-order valence-corrected chi connectivity index (χ1v) is 10.4. The quantitative estimate of drug-likeness (QED) is 0.888. The summed E-state index contributed by atoms with van der Waals surface area (Å²) in [4.78, 5) is 14.5. The Labute approximate surface area is 153 Å². The zero-order valence-corrected chi connectivity index (χ0v) is 16.0. The average molecular weight is 376 g/mol. The Hall–Kier alpha value is -2.35. The predicted octanol–water partition coefficient (Wildman–Crippen LogP) is 1.97. The van der Waals surface area contributed by atoms with E-state index in [2.05, 4.69) is 10.4 Å². The zero-order valence-electron chi connectivity index (χ0n) is 15.2. The molecule has 2 atom stereocenters. The van der Waals surface area contributed by atoms with Gasteiger partial charge in [-0.05, 0) is 25.0 Å². The van der Waals surface area contributed by atoms with E-state index in [9.17, 15) is 13.2 Å². The first kappa shape index (κ1) is 18.4. The van der Waals surface area contributed by atoms with Crippen LogP contribution in [0.2, 0.25) is 0 Å². The predicted molar refractivity (Wildman–Crippen MR) is 99.4 cm³/mol. The average Bonchev–Trinajstić information content (AvgIpc) is 3.00. The molecule has 8 heteroatoms. The van der Waals surface area contributed by atoms with Crippen LogP contribution in [0.3, 0.4) is 0 Å². The summed E-state index contributed by atoms with van der Waals surface area (Å²) in [5.41, 5.74) is 2.88. The highest BCUT2D eigenvalue weighted by atomic mass is 32.2. The maximum Gasteiger partial charge on any atom is 0.318 e. The van der Waals surface area contributed by atoms with Crippen LogP contribution in [0.5, 0.6) is 0 Å². The summed E-state index contributed by atoms with van der Waals surface area (Å²) in [5.74, 6) is -0.0964. The lowest BCUT2D eigenvalue weighted by atomic mass is 10.0. The minimum absolute atomic E-state index is 0.0179. The van der Waals surface area contributed by atoms with Crippen LogP contribution in [0.15, 0.2) is 36.7 Å². The fourth-order valence-electron chi connectivity index (χ4n) is 3.36. The molecule has 0 radical (unpaired) electrons. The Morgan fingerprint density at radius 1 is 1.35 bits per heavy atom. The molecular weight excluding hydrogens is 352 g/mol. The van der Waals surface area contributed by atoms with Crippen molar-refractivity contribution in [2.75, 3.05) is 18.1 Å². The van der Waals surface area contributed by atoms with E-state index in [0.717, 1.165) is 16.7 Å². The van der Waals surface area contributed by atoms with Gasteiger partial charge in [-0.3, -0.25) is 4.68 Å². The van der Waals surface area contributed by atoms with Crippen LogP contribution in [0, 0.1) is 6.92 Å². The molecule has 140 valence electrons. The van der Waals surface area contributed by atoms with Gasteiger partial charge in [0.2, 0.25) is 0 Å². The minimum Gasteiger partial charge on any atom is -0.331 e. The molecule has 1 aromatic heterocycles. The van der Waals surface area contributed by atoms with Crippen LogP contribution in [-0.4, -0.2) is 47.2 Å². The van der Waals surface area contributed by atoms with Crippen LogP contribution < -0.4 is 5.32 Å². The van der Waals surface area contributed by atoms with Crippen LogP contribution in [0.1, 0.15) is 35.7 Å². The van der Waals surface area contributed by atoms with Gasteiger partial charge in [0.15, 0.2) is 9.84 Å². The van der Waals surface area contributed by atoms with Crippen molar-refractivity contribution in [1.82, 2.24) is 20.0 Å². The molecule has 0 aliphatic carbocycles. The molecule has 1 N–H and O–H groups in total. The lowest BCUT2D eigenvalue weighted by Crippen LogP contribution is -2.50. The standard InChI is InChI=1S/C18H24N4O3S/c1-13-6-4-5-7-16(13)14(2)20-18(23)22-8-9-26(24,25)12-17(22)15-10-19-21(3)11-15/h4-7,10-11,14,17H,8-9,12H2,1-3H3,(H,20,23)/t14-,17+/m0/s1. The molecule has 7 nitrogen and oxygen atoms in total. The Balaban J connectivity index is 1.81. The van der Waals surface area contributed by atoms with E-state index in [-0.39, 0.29) is 30.1 Å². The molecule has 1 aliphatic rings. The van der Waals surface area contributed by atoms with E-state index in [1.165, 1.54) is 0 Å². The first-order valence-electron chi connectivity index (χ1n) is 8.58. The molecule has 2 aromatic rings. The summed E-state index contributed by atoms with van der Waals surface area (Å²) in [5, 5.41) is 7.12. The molecule has 0 spiro atoms. The van der Waals surface area contributed by atoms with E-state index in [4.69, 9.17) is 0 Å². The number of benzene rings is 1. The Morgan fingerprint density at radius 3 is 2.73 bits per heavy atom. The van der Waals surface area contributed by atoms with Crippen molar-refractivity contribution in [1.29, 1.82) is 0 Å². The molecule has 3 rings (SSSR count). The van der Waals surface area contributed by atoms with Crippen molar-refractivity contribution < 1.29 is 13.2 Å². The van der Waals surface area contributed by atoms with Crippen molar-refractivity contribution >= 4 is 15.9 Å². The SMILES string of the molecule is Cc1ccccc1[C@H](C)NC(=O)N1CCS(=O)(=O)C[C@@H]1c1cnn(C)c1. The number of nitrogens with one attached hydrogen (secondary N) is 1. The first-order chi connectivity index (χ1) is 12.3. The summed E-state index contributed by atoms with van der Waals surface area (Å²) >= 11 is 0. The number of hydrogen-bond acceptors (Lipinski definition) is 4. The summed E-state index contributed by atoms with van der Waals surface area (Å²) in [7, 11) is -1.41. The number of aromatic nitrogens is 2. The van der Waals surface area contributed by atoms with Crippen molar-refractivity contribution in [2.45, 2.75) is 25.9 Å². The highest BCUT2D eigenvalue weighted by molar-refractivity contribution is 7.91. The van der Waals surface area contributed by atoms with Gasteiger partial charge < -0.3 is 10.2 Å². The lowest BCUT2D eigenvalue weighted by molar-refractivity contribution is 0.178. The maximum absolute atomic E-state index is 12.9. The largest absolute Gasteiger partial charge is 0.331 e. The third kappa shape index (κ3) is 3.90. The molecule has 1 aromatic carbocycles. The van der Waals surface area contributed by atoms with Gasteiger partial charge in [-0.25, -0.2) is 13.2 Å². The molecule has 0 unspecified atom stereocenters. The van der Waals surface area contributed by atoms with Crippen molar-refractivity contribution in [3.05, 3.63) is 53.3 Å². The summed E-state index contributed by atoms with van der Waals surface area (Å²) in [6.07, 6.45) is 3.38. The maximum atomic E-state index is 12.9. The molecule has 0 bridgehead atoms. The number of carbonyl (C=O) groups excluding carboxylic acids is 1. The van der Waals surface area contributed by atoms with Crippen molar-refractivity contribution in [3.63, 3.8) is 0 Å². The van der Waals surface area contributed by atoms with Gasteiger partial charge in [0.05, 0.1) is 29.8 Å². The van der Waals surface area contributed by atoms with E-state index in [0.29, 0.717) is 0 Å². The third-order valence-corrected chi connectivity index (χ3v) is 6.42. The van der Waals surface area contributed by atoms with Crippen LogP contribution in [-0.2, 0) is 16.9 Å². The molecular formula is C18H24N4O3S. The number of rotatable bonds is 3. The van der Waals surface area contributed by atoms with Crippen molar-refractivity contribution in [2.24, 2.45) is 7.05 Å². The van der Waals surface area contributed by atoms with E-state index in [1.807, 2.05) is 38.1 Å². The number of carbonyl (C=O) groups is 1. The third-order valence-electron chi connectivity index (χ3n) is 4.80. The molecule has 2 heterocycles. The molecule has 1 fully saturated rings. The summed E-state index contributed by atoms with van der Waals surface area (Å²) in [6.45, 7) is 4.11. The van der Waals surface area contributed by atoms with Gasteiger partial charge >= 0.3 is 6.03 Å². The Morgan fingerprint density at radius 2 is 2.08 bits per heavy atom. The number of nitrogens with zero attached hydrogens (tertiary/aromatic N) is 3. The van der Waals surface area contributed by atoms with Crippen LogP contribution in [0.25, 0.3) is 0 Å². The van der Waals surface area contributed by atoms with Gasteiger partial charge in [-0.15, -0.1) is 0 Å². The highest BCUT2D eigenvalue weighted by Gasteiger charge is 2.36. The second kappa shape index (κ2) is 7.11. The number of sulfone groups is 1. The van der Waals surface area contributed by atoms with E-state index >= 15 is 0 Å². The molecule has 26 heavy (non-hydrogen) atoms. The van der Waals surface area contributed by atoms with E-state index in [1.54, 1.807) is 29.0 Å². The topological polar surface area (TPSA) is 84.3 Å². The molecule has 2 amide bonds. The van der Waals surface area contributed by atoms with Gasteiger partial charge in [-0.2, -0.15) is 5.10 Å². The number of hydrogen-bond donors (Lipinski definition) is 1. The molecule has 1 aliphatic heterocycles.